The van der Waals surface area contributed by atoms with Gasteiger partial charge in [0.05, 0.1) is 0 Å². The van der Waals surface area contributed by atoms with E-state index in [-0.39, 0.29) is 0 Å². The molecule has 0 bridgehead atoms. The van der Waals surface area contributed by atoms with E-state index in [1.165, 1.54) is 18.4 Å². The van der Waals surface area contributed by atoms with Gasteiger partial charge in [-0.2, -0.15) is 0 Å². The molecule has 1 aromatic carbocycles. The summed E-state index contributed by atoms with van der Waals surface area (Å²) in [6.07, 6.45) is 2.56. The molecule has 1 saturated carbocycles. The van der Waals surface area contributed by atoms with Gasteiger partial charge < -0.3 is 19.3 Å². The number of hydrogen-bond donors (Lipinski definition) is 1. The Morgan fingerprint density at radius 2 is 2.14 bits per heavy atom. The fourth-order valence-electron chi connectivity index (χ4n) is 2.12. The second-order valence-electron chi connectivity index (χ2n) is 5.27. The van der Waals surface area contributed by atoms with E-state index in [9.17, 15) is 0 Å². The van der Waals surface area contributed by atoms with Crippen LogP contribution in [0, 0.1) is 0 Å². The minimum atomic E-state index is 0.396. The Balaban J connectivity index is 1.58. The van der Waals surface area contributed by atoms with Gasteiger partial charge in [-0.3, -0.25) is 0 Å². The Kier molecular flexibility index (Phi) is 4.52. The first-order valence-electron chi connectivity index (χ1n) is 7.22. The first-order chi connectivity index (χ1) is 10.3. The van der Waals surface area contributed by atoms with Gasteiger partial charge in [-0.05, 0) is 18.9 Å². The van der Waals surface area contributed by atoms with Crippen LogP contribution in [0.2, 0.25) is 0 Å². The van der Waals surface area contributed by atoms with Crippen molar-refractivity contribution in [2.24, 2.45) is 0 Å². The zero-order valence-electron chi connectivity index (χ0n) is 12.2. The van der Waals surface area contributed by atoms with Gasteiger partial charge >= 0.3 is 0 Å². The predicted molar refractivity (Wildman–Crippen MR) is 77.9 cm³/mol. The summed E-state index contributed by atoms with van der Waals surface area (Å²) in [7, 11) is 1.63. The maximum Gasteiger partial charge on any atom is 0.162 e. The molecule has 1 aliphatic carbocycles. The Labute approximate surface area is 124 Å². The molecule has 0 saturated heterocycles. The molecule has 1 aliphatic rings. The lowest BCUT2D eigenvalue weighted by atomic mass is 10.2. The maximum atomic E-state index is 5.86. The van der Waals surface area contributed by atoms with Crippen LogP contribution in [0.4, 0.5) is 0 Å². The summed E-state index contributed by atoms with van der Waals surface area (Å²) in [5.41, 5.74) is 1.94. The summed E-state index contributed by atoms with van der Waals surface area (Å²) >= 11 is 0. The Hall–Kier alpha value is -1.85. The summed E-state index contributed by atoms with van der Waals surface area (Å²) in [5.74, 6) is 1.60. The predicted octanol–water partition coefficient (Wildman–Crippen LogP) is 2.65. The fraction of sp³-hybridized carbons (Fsp3) is 0.438. The molecule has 1 N–H and O–H groups in total. The van der Waals surface area contributed by atoms with Gasteiger partial charge in [0, 0.05) is 31.3 Å². The first-order valence-corrected chi connectivity index (χ1v) is 7.22. The molecule has 2 aromatic rings. The van der Waals surface area contributed by atoms with Crippen molar-refractivity contribution in [1.82, 2.24) is 10.5 Å². The fourth-order valence-corrected chi connectivity index (χ4v) is 2.12. The zero-order chi connectivity index (χ0) is 14.5. The monoisotopic (exact) mass is 288 g/mol. The number of nitrogens with one attached hydrogen (secondary N) is 1. The number of methoxy groups -OCH3 is 1. The number of nitrogens with zero attached hydrogens (tertiary/aromatic N) is 1. The number of aromatic nitrogens is 1. The van der Waals surface area contributed by atoms with E-state index in [1.54, 1.807) is 7.11 Å². The molecule has 0 aliphatic heterocycles. The van der Waals surface area contributed by atoms with Crippen molar-refractivity contribution in [2.75, 3.05) is 7.11 Å². The molecule has 3 rings (SSSR count). The second kappa shape index (κ2) is 6.74. The molecular formula is C16H20N2O3. The standard InChI is InChI=1S/C16H20N2O3/c1-19-11-15-8-14(18-21-15)10-20-16-5-3-2-4-12(16)9-17-13-6-7-13/h2-5,8,13,17H,6-7,9-11H2,1H3. The van der Waals surface area contributed by atoms with Gasteiger partial charge in [0.25, 0.3) is 0 Å². The van der Waals surface area contributed by atoms with Gasteiger partial charge in [-0.15, -0.1) is 0 Å². The van der Waals surface area contributed by atoms with Crippen molar-refractivity contribution in [1.29, 1.82) is 0 Å². The number of rotatable bonds is 8. The normalized spacial score (nSPS) is 14.3. The third-order valence-electron chi connectivity index (χ3n) is 3.40. The molecule has 1 aromatic heterocycles. The van der Waals surface area contributed by atoms with Gasteiger partial charge in [0.2, 0.25) is 0 Å². The van der Waals surface area contributed by atoms with Crippen molar-refractivity contribution in [2.45, 2.75) is 38.6 Å². The van der Waals surface area contributed by atoms with E-state index in [0.29, 0.717) is 25.0 Å². The Bertz CT molecular complexity index is 578. The van der Waals surface area contributed by atoms with E-state index in [2.05, 4.69) is 16.5 Å². The zero-order valence-corrected chi connectivity index (χ0v) is 12.2. The largest absolute Gasteiger partial charge is 0.487 e. The lowest BCUT2D eigenvalue weighted by Gasteiger charge is -2.10. The summed E-state index contributed by atoms with van der Waals surface area (Å²) in [5, 5.41) is 7.47. The Morgan fingerprint density at radius 3 is 2.95 bits per heavy atom. The van der Waals surface area contributed by atoms with Crippen LogP contribution in [0.3, 0.4) is 0 Å². The van der Waals surface area contributed by atoms with Crippen LogP contribution in [0.25, 0.3) is 0 Å². The molecule has 0 amide bonds. The summed E-state index contributed by atoms with van der Waals surface area (Å²) in [6.45, 7) is 1.66. The quantitative estimate of drug-likeness (QED) is 0.809. The van der Waals surface area contributed by atoms with Gasteiger partial charge in [0.1, 0.15) is 24.7 Å². The summed E-state index contributed by atoms with van der Waals surface area (Å²) in [6, 6.07) is 10.6. The lowest BCUT2D eigenvalue weighted by Crippen LogP contribution is -2.16. The molecule has 1 heterocycles. The van der Waals surface area contributed by atoms with Crippen molar-refractivity contribution in [3.05, 3.63) is 47.3 Å². The average molecular weight is 288 g/mol. The molecule has 0 unspecified atom stereocenters. The molecular weight excluding hydrogens is 268 g/mol. The van der Waals surface area contributed by atoms with E-state index in [0.717, 1.165) is 18.0 Å². The van der Waals surface area contributed by atoms with Crippen molar-refractivity contribution < 1.29 is 14.0 Å². The van der Waals surface area contributed by atoms with Crippen LogP contribution < -0.4 is 10.1 Å². The third-order valence-corrected chi connectivity index (χ3v) is 3.40. The molecule has 5 heteroatoms. The van der Waals surface area contributed by atoms with Gasteiger partial charge in [0.15, 0.2) is 5.76 Å². The van der Waals surface area contributed by atoms with Crippen molar-refractivity contribution in [3.8, 4) is 5.75 Å². The highest BCUT2D eigenvalue weighted by molar-refractivity contribution is 5.33. The highest BCUT2D eigenvalue weighted by Crippen LogP contribution is 2.23. The van der Waals surface area contributed by atoms with E-state index in [4.69, 9.17) is 14.0 Å². The van der Waals surface area contributed by atoms with Crippen LogP contribution in [-0.2, 0) is 24.5 Å². The lowest BCUT2D eigenvalue weighted by molar-refractivity contribution is 0.155. The SMILES string of the molecule is COCc1cc(COc2ccccc2CNC2CC2)no1. The minimum absolute atomic E-state index is 0.396. The highest BCUT2D eigenvalue weighted by atomic mass is 16.5. The third kappa shape index (κ3) is 4.06. The topological polar surface area (TPSA) is 56.5 Å². The number of hydrogen-bond acceptors (Lipinski definition) is 5. The molecule has 0 radical (unpaired) electrons. The van der Waals surface area contributed by atoms with E-state index < -0.39 is 0 Å². The molecule has 0 atom stereocenters. The first kappa shape index (κ1) is 14.1. The molecule has 112 valence electrons. The maximum absolute atomic E-state index is 5.86. The smallest absolute Gasteiger partial charge is 0.162 e. The Morgan fingerprint density at radius 1 is 1.29 bits per heavy atom. The number of benzene rings is 1. The van der Waals surface area contributed by atoms with Crippen LogP contribution in [0.1, 0.15) is 29.9 Å². The molecule has 1 fully saturated rings. The van der Waals surface area contributed by atoms with E-state index >= 15 is 0 Å². The molecule has 5 nitrogen and oxygen atoms in total. The van der Waals surface area contributed by atoms with Gasteiger partial charge in [-0.1, -0.05) is 23.4 Å². The summed E-state index contributed by atoms with van der Waals surface area (Å²) in [4.78, 5) is 0. The second-order valence-corrected chi connectivity index (χ2v) is 5.27. The average Bonchev–Trinajstić information content (AvgIpc) is 3.23. The minimum Gasteiger partial charge on any atom is -0.487 e. The molecule has 0 spiro atoms. The van der Waals surface area contributed by atoms with Gasteiger partial charge in [-0.25, -0.2) is 0 Å². The van der Waals surface area contributed by atoms with Crippen LogP contribution >= 0.6 is 0 Å². The van der Waals surface area contributed by atoms with Crippen LogP contribution in [0.5, 0.6) is 5.75 Å². The van der Waals surface area contributed by atoms with Crippen molar-refractivity contribution in [3.63, 3.8) is 0 Å². The van der Waals surface area contributed by atoms with E-state index in [1.807, 2.05) is 24.3 Å². The van der Waals surface area contributed by atoms with Crippen LogP contribution in [-0.4, -0.2) is 18.3 Å². The number of para-hydroxylation sites is 1. The highest BCUT2D eigenvalue weighted by Gasteiger charge is 2.20. The summed E-state index contributed by atoms with van der Waals surface area (Å²) < 4.78 is 16.0. The molecule has 21 heavy (non-hydrogen) atoms. The van der Waals surface area contributed by atoms with Crippen molar-refractivity contribution >= 4 is 0 Å². The van der Waals surface area contributed by atoms with Crippen LogP contribution in [0.15, 0.2) is 34.9 Å². The number of ether oxygens (including phenoxy) is 2.